The van der Waals surface area contributed by atoms with Crippen molar-refractivity contribution in [3.05, 3.63) is 47.5 Å². The van der Waals surface area contributed by atoms with E-state index < -0.39 is 23.6 Å². The zero-order chi connectivity index (χ0) is 26.5. The molecule has 0 radical (unpaired) electrons. The fourth-order valence-corrected chi connectivity index (χ4v) is 5.60. The van der Waals surface area contributed by atoms with Crippen LogP contribution in [-0.4, -0.2) is 68.6 Å². The minimum absolute atomic E-state index is 0.0241. The summed E-state index contributed by atoms with van der Waals surface area (Å²) in [6, 6.07) is 6.84. The predicted octanol–water partition coefficient (Wildman–Crippen LogP) is 1.77. The Balaban J connectivity index is 1.16. The molecule has 2 bridgehead atoms. The van der Waals surface area contributed by atoms with Crippen molar-refractivity contribution in [1.82, 2.24) is 20.3 Å². The SMILES string of the molecule is COc1ccc2ncc(F)c([C@@H](O)[C@H](O)C34CCC(NCc5ccc6c(n5)NC(=O)CO6)(CC3)CO4)c2n1. The van der Waals surface area contributed by atoms with Gasteiger partial charge in [0.05, 0.1) is 36.7 Å². The summed E-state index contributed by atoms with van der Waals surface area (Å²) in [5.74, 6) is 0.184. The van der Waals surface area contributed by atoms with Gasteiger partial charge in [-0.2, -0.15) is 0 Å². The zero-order valence-electron chi connectivity index (χ0n) is 20.7. The molecular formula is C26H28FN5O6. The largest absolute Gasteiger partial charge is 0.481 e. The number of amides is 1. The van der Waals surface area contributed by atoms with Gasteiger partial charge < -0.3 is 35.1 Å². The molecule has 3 aliphatic heterocycles. The fraction of sp³-hybridized carbons (Fsp3) is 0.462. The molecule has 3 aromatic rings. The summed E-state index contributed by atoms with van der Waals surface area (Å²) in [5, 5.41) is 28.8. The van der Waals surface area contributed by atoms with Crippen molar-refractivity contribution in [1.29, 1.82) is 0 Å². The first kappa shape index (κ1) is 24.9. The highest BCUT2D eigenvalue weighted by Gasteiger charge is 2.55. The van der Waals surface area contributed by atoms with Crippen molar-refractivity contribution < 1.29 is 33.6 Å². The molecule has 6 heterocycles. The molecule has 4 N–H and O–H groups in total. The number of nitrogens with one attached hydrogen (secondary N) is 2. The molecule has 0 unspecified atom stereocenters. The third-order valence-electron chi connectivity index (χ3n) is 7.89. The maximum absolute atomic E-state index is 14.9. The van der Waals surface area contributed by atoms with E-state index in [1.807, 2.05) is 6.07 Å². The van der Waals surface area contributed by atoms with Crippen LogP contribution in [0, 0.1) is 5.82 Å². The van der Waals surface area contributed by atoms with E-state index in [0.717, 1.165) is 11.9 Å². The smallest absolute Gasteiger partial charge is 0.263 e. The first-order valence-corrected chi connectivity index (χ1v) is 12.5. The number of hydrogen-bond donors (Lipinski definition) is 4. The van der Waals surface area contributed by atoms with Crippen LogP contribution in [0.2, 0.25) is 0 Å². The van der Waals surface area contributed by atoms with Gasteiger partial charge in [0.2, 0.25) is 5.88 Å². The van der Waals surface area contributed by atoms with Crippen LogP contribution in [-0.2, 0) is 16.1 Å². The fourth-order valence-electron chi connectivity index (χ4n) is 5.60. The number of nitrogens with zero attached hydrogens (tertiary/aromatic N) is 3. The van der Waals surface area contributed by atoms with Gasteiger partial charge in [-0.1, -0.05) is 0 Å². The molecule has 1 amide bonds. The van der Waals surface area contributed by atoms with E-state index in [-0.39, 0.29) is 35.0 Å². The molecule has 3 aromatic heterocycles. The number of rotatable bonds is 7. The van der Waals surface area contributed by atoms with Crippen molar-refractivity contribution in [2.24, 2.45) is 0 Å². The van der Waals surface area contributed by atoms with Gasteiger partial charge in [0.25, 0.3) is 5.91 Å². The zero-order valence-corrected chi connectivity index (χ0v) is 20.7. The van der Waals surface area contributed by atoms with Crippen LogP contribution < -0.4 is 20.1 Å². The normalized spacial score (nSPS) is 25.8. The van der Waals surface area contributed by atoms with E-state index in [9.17, 15) is 19.4 Å². The lowest BCUT2D eigenvalue weighted by atomic mass is 9.67. The third kappa shape index (κ3) is 4.23. The van der Waals surface area contributed by atoms with Gasteiger partial charge in [-0.05, 0) is 43.9 Å². The van der Waals surface area contributed by atoms with Gasteiger partial charge >= 0.3 is 0 Å². The van der Waals surface area contributed by atoms with Crippen LogP contribution in [0.3, 0.4) is 0 Å². The first-order chi connectivity index (χ1) is 18.3. The van der Waals surface area contributed by atoms with Gasteiger partial charge in [-0.25, -0.2) is 14.4 Å². The van der Waals surface area contributed by atoms with E-state index in [1.54, 1.807) is 18.2 Å². The Morgan fingerprint density at radius 2 is 2.00 bits per heavy atom. The van der Waals surface area contributed by atoms with Crippen LogP contribution in [0.1, 0.15) is 43.0 Å². The molecule has 12 heteroatoms. The molecule has 2 saturated heterocycles. The number of methoxy groups -OCH3 is 1. The summed E-state index contributed by atoms with van der Waals surface area (Å²) in [7, 11) is 1.44. The highest BCUT2D eigenvalue weighted by atomic mass is 19.1. The number of aliphatic hydroxyl groups is 2. The van der Waals surface area contributed by atoms with Crippen LogP contribution >= 0.6 is 0 Å². The Hall–Kier alpha value is -3.45. The average molecular weight is 526 g/mol. The standard InChI is InChI=1S/C26H28FN5O6/c1-36-19-5-3-16-21(32-19)20(15(27)11-28-16)22(34)23(35)26-8-6-25(7-9-26,13-38-26)29-10-14-2-4-17-24(30-14)31-18(33)12-37-17/h2-5,11,22-23,29,34-35H,6-10,12-13H2,1H3,(H,30,31,33)/t22-,23+,25?,26?/m1/s1. The number of halogens is 1. The van der Waals surface area contributed by atoms with Crippen LogP contribution in [0.15, 0.2) is 30.5 Å². The third-order valence-corrected chi connectivity index (χ3v) is 7.89. The summed E-state index contributed by atoms with van der Waals surface area (Å²) < 4.78 is 31.6. The molecule has 1 saturated carbocycles. The summed E-state index contributed by atoms with van der Waals surface area (Å²) in [6.45, 7) is 0.739. The number of anilines is 1. The number of ether oxygens (including phenoxy) is 3. The minimum Gasteiger partial charge on any atom is -0.481 e. The van der Waals surface area contributed by atoms with Crippen molar-refractivity contribution in [3.8, 4) is 11.6 Å². The summed E-state index contributed by atoms with van der Waals surface area (Å²) in [6.07, 6.45) is 0.391. The van der Waals surface area contributed by atoms with E-state index in [1.165, 1.54) is 7.11 Å². The lowest BCUT2D eigenvalue weighted by Crippen LogP contribution is -2.65. The van der Waals surface area contributed by atoms with Crippen LogP contribution in [0.25, 0.3) is 11.0 Å². The Kier molecular flexibility index (Phi) is 6.14. The predicted molar refractivity (Wildman–Crippen MR) is 132 cm³/mol. The first-order valence-electron chi connectivity index (χ1n) is 12.5. The van der Waals surface area contributed by atoms with Gasteiger partial charge in [-0.15, -0.1) is 0 Å². The van der Waals surface area contributed by atoms with Gasteiger partial charge in [-0.3, -0.25) is 9.78 Å². The molecule has 0 spiro atoms. The lowest BCUT2D eigenvalue weighted by Gasteiger charge is -2.55. The quantitative estimate of drug-likeness (QED) is 0.360. The molecule has 3 fully saturated rings. The van der Waals surface area contributed by atoms with E-state index >= 15 is 0 Å². The number of pyridine rings is 3. The highest BCUT2D eigenvalue weighted by Crippen LogP contribution is 2.48. The molecule has 0 aromatic carbocycles. The number of aromatic nitrogens is 3. The number of hydrogen-bond acceptors (Lipinski definition) is 10. The van der Waals surface area contributed by atoms with Crippen LogP contribution in [0.4, 0.5) is 10.2 Å². The van der Waals surface area contributed by atoms with Crippen molar-refractivity contribution in [3.63, 3.8) is 0 Å². The molecule has 11 nitrogen and oxygen atoms in total. The number of fused-ring (bicyclic) bond motifs is 5. The molecule has 7 rings (SSSR count). The number of aliphatic hydroxyl groups excluding tert-OH is 2. The second-order valence-electron chi connectivity index (χ2n) is 10.1. The maximum Gasteiger partial charge on any atom is 0.263 e. The average Bonchev–Trinajstić information content (AvgIpc) is 2.95. The van der Waals surface area contributed by atoms with Gasteiger partial charge in [0, 0.05) is 23.7 Å². The lowest BCUT2D eigenvalue weighted by molar-refractivity contribution is -0.228. The van der Waals surface area contributed by atoms with Crippen molar-refractivity contribution in [2.75, 3.05) is 25.6 Å². The van der Waals surface area contributed by atoms with Gasteiger partial charge in [0.1, 0.15) is 23.5 Å². The second-order valence-corrected chi connectivity index (χ2v) is 10.1. The van der Waals surface area contributed by atoms with Crippen molar-refractivity contribution >= 4 is 22.8 Å². The topological polar surface area (TPSA) is 148 Å². The number of carbonyl (C=O) groups excluding carboxylic acids is 1. The second kappa shape index (κ2) is 9.38. The monoisotopic (exact) mass is 525 g/mol. The summed E-state index contributed by atoms with van der Waals surface area (Å²) in [4.78, 5) is 24.4. The highest BCUT2D eigenvalue weighted by molar-refractivity contribution is 5.94. The minimum atomic E-state index is -1.57. The summed E-state index contributed by atoms with van der Waals surface area (Å²) in [5.41, 5.74) is -0.222. The Morgan fingerprint density at radius 3 is 2.74 bits per heavy atom. The molecule has 38 heavy (non-hydrogen) atoms. The molecule has 2 atom stereocenters. The van der Waals surface area contributed by atoms with Crippen molar-refractivity contribution in [2.45, 2.75) is 55.6 Å². The van der Waals surface area contributed by atoms with E-state index in [2.05, 4.69) is 25.6 Å². The van der Waals surface area contributed by atoms with E-state index in [4.69, 9.17) is 14.2 Å². The molecule has 1 aliphatic carbocycles. The number of carbonyl (C=O) groups is 1. The Morgan fingerprint density at radius 1 is 1.18 bits per heavy atom. The Bertz CT molecular complexity index is 1380. The Labute approximate surface area is 217 Å². The molecule has 200 valence electrons. The van der Waals surface area contributed by atoms with Crippen LogP contribution in [0.5, 0.6) is 11.6 Å². The summed E-state index contributed by atoms with van der Waals surface area (Å²) >= 11 is 0. The molecular weight excluding hydrogens is 497 g/mol. The molecule has 4 aliphatic rings. The van der Waals surface area contributed by atoms with Gasteiger partial charge in [0.15, 0.2) is 18.2 Å². The van der Waals surface area contributed by atoms with E-state index in [0.29, 0.717) is 55.9 Å². The maximum atomic E-state index is 14.9.